The van der Waals surface area contributed by atoms with Crippen molar-refractivity contribution in [1.82, 2.24) is 10.2 Å². The van der Waals surface area contributed by atoms with Crippen LogP contribution in [0.1, 0.15) is 22.3 Å². The molecule has 0 saturated heterocycles. The molecule has 0 spiro atoms. The highest BCUT2D eigenvalue weighted by Gasteiger charge is 2.31. The molecule has 1 unspecified atom stereocenters. The van der Waals surface area contributed by atoms with Crippen molar-refractivity contribution in [3.63, 3.8) is 0 Å². The molecule has 0 fully saturated rings. The summed E-state index contributed by atoms with van der Waals surface area (Å²) in [6.07, 6.45) is 0.402. The standard InChI is InChI=1S/C35H36N2O7/c1-40-28-13-9-25(10-14-28)22-37(34(38)20-26-11-15-30(41-2)32(18-26)42-3)29(17-24-7-5-4-6-8-24)35(39)36-21-27-12-16-31-33(19-27)44-23-43-31/h4-16,18-19,29H,17,20-23H2,1-3H3,(H,36,39). The minimum absolute atomic E-state index is 0.0667. The van der Waals surface area contributed by atoms with E-state index in [0.717, 1.165) is 22.3 Å². The highest BCUT2D eigenvalue weighted by atomic mass is 16.7. The smallest absolute Gasteiger partial charge is 0.243 e. The molecular formula is C35H36N2O7. The first kappa shape index (κ1) is 30.3. The number of carbonyl (C=O) groups is 2. The fourth-order valence-corrected chi connectivity index (χ4v) is 5.11. The predicted molar refractivity (Wildman–Crippen MR) is 165 cm³/mol. The largest absolute Gasteiger partial charge is 0.497 e. The summed E-state index contributed by atoms with van der Waals surface area (Å²) in [5, 5.41) is 3.06. The van der Waals surface area contributed by atoms with Gasteiger partial charge in [-0.15, -0.1) is 0 Å². The Hall–Kier alpha value is -5.18. The average molecular weight is 597 g/mol. The van der Waals surface area contributed by atoms with Crippen molar-refractivity contribution >= 4 is 11.8 Å². The molecule has 228 valence electrons. The molecule has 0 saturated carbocycles. The van der Waals surface area contributed by atoms with Crippen molar-refractivity contribution in [2.45, 2.75) is 32.0 Å². The summed E-state index contributed by atoms with van der Waals surface area (Å²) < 4.78 is 27.1. The Morgan fingerprint density at radius 3 is 2.18 bits per heavy atom. The minimum atomic E-state index is -0.791. The summed E-state index contributed by atoms with van der Waals surface area (Å²) in [5.41, 5.74) is 3.41. The first-order chi connectivity index (χ1) is 21.5. The summed E-state index contributed by atoms with van der Waals surface area (Å²) >= 11 is 0. The molecular weight excluding hydrogens is 560 g/mol. The number of benzene rings is 4. The molecule has 5 rings (SSSR count). The molecule has 4 aromatic rings. The van der Waals surface area contributed by atoms with Crippen LogP contribution in [0, 0.1) is 0 Å². The third-order valence-electron chi connectivity index (χ3n) is 7.49. The first-order valence-electron chi connectivity index (χ1n) is 14.3. The second-order valence-electron chi connectivity index (χ2n) is 10.3. The number of hydrogen-bond donors (Lipinski definition) is 1. The third kappa shape index (κ3) is 7.42. The number of amides is 2. The van der Waals surface area contributed by atoms with Crippen molar-refractivity contribution in [3.8, 4) is 28.7 Å². The molecule has 44 heavy (non-hydrogen) atoms. The summed E-state index contributed by atoms with van der Waals surface area (Å²) in [6, 6.07) is 27.4. The van der Waals surface area contributed by atoms with Crippen LogP contribution in [0.5, 0.6) is 28.7 Å². The van der Waals surface area contributed by atoms with E-state index in [4.69, 9.17) is 23.7 Å². The van der Waals surface area contributed by atoms with Crippen molar-refractivity contribution < 1.29 is 33.3 Å². The second kappa shape index (κ2) is 14.3. The Morgan fingerprint density at radius 2 is 1.45 bits per heavy atom. The van der Waals surface area contributed by atoms with E-state index in [9.17, 15) is 9.59 Å². The van der Waals surface area contributed by atoms with Crippen LogP contribution in [0.25, 0.3) is 0 Å². The van der Waals surface area contributed by atoms with E-state index < -0.39 is 6.04 Å². The van der Waals surface area contributed by atoms with Gasteiger partial charge in [-0.05, 0) is 58.7 Å². The summed E-state index contributed by atoms with van der Waals surface area (Å²) in [5.74, 6) is 2.66. The van der Waals surface area contributed by atoms with Crippen LogP contribution >= 0.6 is 0 Å². The van der Waals surface area contributed by atoms with Gasteiger partial charge in [-0.3, -0.25) is 9.59 Å². The number of fused-ring (bicyclic) bond motifs is 1. The fraction of sp³-hybridized carbons (Fsp3) is 0.257. The number of hydrogen-bond acceptors (Lipinski definition) is 7. The number of carbonyl (C=O) groups excluding carboxylic acids is 2. The molecule has 0 radical (unpaired) electrons. The van der Waals surface area contributed by atoms with Crippen molar-refractivity contribution in [1.29, 1.82) is 0 Å². The highest BCUT2D eigenvalue weighted by Crippen LogP contribution is 2.32. The van der Waals surface area contributed by atoms with E-state index in [1.807, 2.05) is 78.9 Å². The maximum absolute atomic E-state index is 14.2. The van der Waals surface area contributed by atoms with E-state index in [2.05, 4.69) is 5.32 Å². The fourth-order valence-electron chi connectivity index (χ4n) is 5.11. The minimum Gasteiger partial charge on any atom is -0.497 e. The van der Waals surface area contributed by atoms with Crippen molar-refractivity contribution in [3.05, 3.63) is 113 Å². The highest BCUT2D eigenvalue weighted by molar-refractivity contribution is 5.89. The van der Waals surface area contributed by atoms with Gasteiger partial charge in [0, 0.05) is 19.5 Å². The van der Waals surface area contributed by atoms with Gasteiger partial charge in [0.2, 0.25) is 18.6 Å². The Labute approximate surface area is 257 Å². The maximum atomic E-state index is 14.2. The number of rotatable bonds is 13. The van der Waals surface area contributed by atoms with E-state index >= 15 is 0 Å². The van der Waals surface area contributed by atoms with Gasteiger partial charge in [0.05, 0.1) is 27.8 Å². The van der Waals surface area contributed by atoms with Gasteiger partial charge >= 0.3 is 0 Å². The molecule has 9 nitrogen and oxygen atoms in total. The molecule has 1 heterocycles. The SMILES string of the molecule is COc1ccc(CN(C(=O)Cc2ccc(OC)c(OC)c2)C(Cc2ccccc2)C(=O)NCc2ccc3c(c2)OCO3)cc1. The number of nitrogens with zero attached hydrogens (tertiary/aromatic N) is 1. The zero-order valence-corrected chi connectivity index (χ0v) is 25.1. The van der Waals surface area contributed by atoms with Gasteiger partial charge in [-0.2, -0.15) is 0 Å². The lowest BCUT2D eigenvalue weighted by Crippen LogP contribution is -2.50. The monoisotopic (exact) mass is 596 g/mol. The molecule has 0 aliphatic carbocycles. The van der Waals surface area contributed by atoms with Gasteiger partial charge in [-0.1, -0.05) is 54.6 Å². The molecule has 0 bridgehead atoms. The zero-order chi connectivity index (χ0) is 30.9. The summed E-state index contributed by atoms with van der Waals surface area (Å²) in [6.45, 7) is 0.666. The molecule has 9 heteroatoms. The first-order valence-corrected chi connectivity index (χ1v) is 14.3. The molecule has 1 N–H and O–H groups in total. The van der Waals surface area contributed by atoms with E-state index in [-0.39, 0.29) is 38.1 Å². The topological polar surface area (TPSA) is 95.6 Å². The van der Waals surface area contributed by atoms with Crippen LogP contribution in [-0.4, -0.2) is 50.9 Å². The van der Waals surface area contributed by atoms with Crippen molar-refractivity contribution in [2.75, 3.05) is 28.1 Å². The van der Waals surface area contributed by atoms with Gasteiger partial charge < -0.3 is 33.9 Å². The van der Waals surface area contributed by atoms with Crippen LogP contribution < -0.4 is 29.0 Å². The third-order valence-corrected chi connectivity index (χ3v) is 7.49. The lowest BCUT2D eigenvalue weighted by atomic mass is 10.0. The Kier molecular flexibility index (Phi) is 9.86. The normalized spacial score (nSPS) is 12.2. The lowest BCUT2D eigenvalue weighted by molar-refractivity contribution is -0.140. The van der Waals surface area contributed by atoms with E-state index in [1.165, 1.54) is 0 Å². The van der Waals surface area contributed by atoms with Gasteiger partial charge in [-0.25, -0.2) is 0 Å². The molecule has 2 amide bonds. The van der Waals surface area contributed by atoms with Crippen LogP contribution in [0.2, 0.25) is 0 Å². The Bertz CT molecular complexity index is 1570. The average Bonchev–Trinajstić information content (AvgIpc) is 3.54. The molecule has 4 aromatic carbocycles. The second-order valence-corrected chi connectivity index (χ2v) is 10.3. The maximum Gasteiger partial charge on any atom is 0.243 e. The van der Waals surface area contributed by atoms with Crippen LogP contribution in [0.4, 0.5) is 0 Å². The van der Waals surface area contributed by atoms with E-state index in [1.54, 1.807) is 38.4 Å². The van der Waals surface area contributed by atoms with Crippen LogP contribution in [0.3, 0.4) is 0 Å². The van der Waals surface area contributed by atoms with Crippen LogP contribution in [0.15, 0.2) is 91.0 Å². The van der Waals surface area contributed by atoms with Gasteiger partial charge in [0.15, 0.2) is 23.0 Å². The summed E-state index contributed by atoms with van der Waals surface area (Å²) in [4.78, 5) is 29.8. The van der Waals surface area contributed by atoms with Gasteiger partial charge in [0.1, 0.15) is 11.8 Å². The zero-order valence-electron chi connectivity index (χ0n) is 25.1. The Balaban J connectivity index is 1.44. The molecule has 1 atom stereocenters. The Morgan fingerprint density at radius 1 is 0.750 bits per heavy atom. The summed E-state index contributed by atoms with van der Waals surface area (Å²) in [7, 11) is 4.73. The van der Waals surface area contributed by atoms with Crippen molar-refractivity contribution in [2.24, 2.45) is 0 Å². The van der Waals surface area contributed by atoms with Gasteiger partial charge in [0.25, 0.3) is 0 Å². The van der Waals surface area contributed by atoms with Crippen LogP contribution in [-0.2, 0) is 35.5 Å². The number of nitrogens with one attached hydrogen (secondary N) is 1. The molecule has 0 aromatic heterocycles. The predicted octanol–water partition coefficient (Wildman–Crippen LogP) is 4.94. The number of methoxy groups -OCH3 is 3. The van der Waals surface area contributed by atoms with E-state index in [0.29, 0.717) is 35.2 Å². The number of ether oxygens (including phenoxy) is 5. The molecule has 1 aliphatic heterocycles. The lowest BCUT2D eigenvalue weighted by Gasteiger charge is -2.32. The quantitative estimate of drug-likeness (QED) is 0.234. The molecule has 1 aliphatic rings.